The molecule has 1 aromatic rings. The molecule has 0 aliphatic heterocycles. The van der Waals surface area contributed by atoms with Gasteiger partial charge in [0.15, 0.2) is 5.75 Å². The van der Waals surface area contributed by atoms with Crippen molar-refractivity contribution < 1.29 is 9.90 Å². The average molecular weight is 266 g/mol. The summed E-state index contributed by atoms with van der Waals surface area (Å²) in [6, 6.07) is 1.39. The van der Waals surface area contributed by atoms with Crippen LogP contribution in [0.1, 0.15) is 38.3 Å². The second kappa shape index (κ2) is 7.61. The Bertz CT molecular complexity index is 480. The summed E-state index contributed by atoms with van der Waals surface area (Å²) in [6.45, 7) is 4.78. The lowest BCUT2D eigenvalue weighted by Gasteiger charge is -2.11. The first kappa shape index (κ1) is 15.3. The number of hydrogen-bond donors (Lipinski definition) is 2. The number of pyridine rings is 1. The Hall–Kier alpha value is -1.78. The second-order valence-electron chi connectivity index (χ2n) is 4.70. The maximum absolute atomic E-state index is 11.2. The van der Waals surface area contributed by atoms with E-state index < -0.39 is 0 Å². The molecule has 0 aromatic carbocycles. The quantitative estimate of drug-likeness (QED) is 0.736. The Morgan fingerprint density at radius 1 is 1.32 bits per heavy atom. The maximum Gasteiger partial charge on any atom is 0.223 e. The maximum atomic E-state index is 11.2. The number of hydrogen-bond acceptors (Lipinski definition) is 3. The fourth-order valence-corrected chi connectivity index (χ4v) is 1.93. The van der Waals surface area contributed by atoms with Gasteiger partial charge in [-0.25, -0.2) is 0 Å². The predicted molar refractivity (Wildman–Crippen MR) is 74.3 cm³/mol. The van der Waals surface area contributed by atoms with Crippen LogP contribution in [0.5, 0.6) is 5.75 Å². The van der Waals surface area contributed by atoms with Gasteiger partial charge >= 0.3 is 0 Å². The lowest BCUT2D eigenvalue weighted by molar-refractivity contribution is -0.118. The number of aromatic nitrogens is 1. The fourth-order valence-electron chi connectivity index (χ4n) is 1.93. The van der Waals surface area contributed by atoms with Gasteiger partial charge in [-0.1, -0.05) is 12.8 Å². The largest absolute Gasteiger partial charge is 0.503 e. The molecule has 0 spiro atoms. The molecule has 5 heteroatoms. The molecule has 1 heterocycles. The fraction of sp³-hybridized carbons (Fsp3) is 0.571. The number of aryl methyl sites for hydroxylation is 1. The van der Waals surface area contributed by atoms with Crippen molar-refractivity contribution in [2.45, 2.75) is 46.1 Å². The number of unbranched alkanes of at least 4 members (excludes halogenated alkanes) is 3. The third kappa shape index (κ3) is 5.16. The van der Waals surface area contributed by atoms with Crippen molar-refractivity contribution in [3.63, 3.8) is 0 Å². The zero-order valence-electron chi connectivity index (χ0n) is 11.6. The number of nitrogens with zero attached hydrogens (tertiary/aromatic N) is 1. The van der Waals surface area contributed by atoms with Gasteiger partial charge in [0.05, 0.1) is 5.69 Å². The van der Waals surface area contributed by atoms with Crippen LogP contribution < -0.4 is 10.7 Å². The molecule has 1 aromatic heterocycles. The first-order valence-electron chi connectivity index (χ1n) is 6.66. The molecule has 1 amide bonds. The van der Waals surface area contributed by atoms with Gasteiger partial charge in [-0.3, -0.25) is 9.59 Å². The smallest absolute Gasteiger partial charge is 0.223 e. The highest BCUT2D eigenvalue weighted by Gasteiger charge is 2.04. The van der Waals surface area contributed by atoms with Crippen molar-refractivity contribution in [3.8, 4) is 5.75 Å². The molecule has 5 nitrogen and oxygen atoms in total. The van der Waals surface area contributed by atoms with Gasteiger partial charge in [-0.05, 0) is 19.8 Å². The first-order chi connectivity index (χ1) is 9.02. The van der Waals surface area contributed by atoms with Crippen molar-refractivity contribution >= 4 is 5.91 Å². The van der Waals surface area contributed by atoms with Gasteiger partial charge in [-0.15, -0.1) is 0 Å². The van der Waals surface area contributed by atoms with Crippen LogP contribution in [0.4, 0.5) is 0 Å². The number of carbonyl (C=O) groups excluding carboxylic acids is 1. The van der Waals surface area contributed by atoms with E-state index in [0.29, 0.717) is 5.69 Å². The van der Waals surface area contributed by atoms with Crippen LogP contribution in [0.3, 0.4) is 0 Å². The molecule has 0 saturated heterocycles. The summed E-state index contributed by atoms with van der Waals surface area (Å²) in [5.74, 6) is -0.146. The van der Waals surface area contributed by atoms with Crippen molar-refractivity contribution in [3.05, 3.63) is 28.2 Å². The third-order valence-electron chi connectivity index (χ3n) is 3.11. The highest BCUT2D eigenvalue weighted by atomic mass is 16.3. The van der Waals surface area contributed by atoms with E-state index in [0.717, 1.165) is 38.8 Å². The monoisotopic (exact) mass is 266 g/mol. The third-order valence-corrected chi connectivity index (χ3v) is 3.11. The van der Waals surface area contributed by atoms with Gasteiger partial charge in [-0.2, -0.15) is 0 Å². The first-order valence-corrected chi connectivity index (χ1v) is 6.66. The Kier molecular flexibility index (Phi) is 6.12. The van der Waals surface area contributed by atoms with Crippen molar-refractivity contribution in [2.24, 2.45) is 0 Å². The van der Waals surface area contributed by atoms with Crippen molar-refractivity contribution in [1.29, 1.82) is 0 Å². The summed E-state index contributed by atoms with van der Waals surface area (Å²) in [5.41, 5.74) is 0.287. The molecule has 0 aliphatic carbocycles. The second-order valence-corrected chi connectivity index (χ2v) is 4.70. The van der Waals surface area contributed by atoms with E-state index in [1.165, 1.54) is 13.0 Å². The van der Waals surface area contributed by atoms with Crippen LogP contribution in [-0.2, 0) is 11.3 Å². The topological polar surface area (TPSA) is 71.3 Å². The molecule has 1 rings (SSSR count). The minimum Gasteiger partial charge on any atom is -0.503 e. The van der Waals surface area contributed by atoms with Crippen LogP contribution in [0, 0.1) is 6.92 Å². The lowest BCUT2D eigenvalue weighted by atomic mass is 10.2. The summed E-state index contributed by atoms with van der Waals surface area (Å²) in [5, 5.41) is 12.3. The van der Waals surface area contributed by atoms with Crippen molar-refractivity contribution in [2.75, 3.05) is 6.54 Å². The molecule has 106 valence electrons. The molecule has 0 fully saturated rings. The molecule has 0 atom stereocenters. The molecule has 0 unspecified atom stereocenters. The van der Waals surface area contributed by atoms with E-state index in [9.17, 15) is 14.7 Å². The summed E-state index contributed by atoms with van der Waals surface area (Å²) in [6.07, 6.45) is 5.81. The minimum absolute atomic E-state index is 0.0133. The number of nitrogens with one attached hydrogen (secondary N) is 1. The number of amides is 1. The van der Waals surface area contributed by atoms with Crippen LogP contribution in [0.15, 0.2) is 17.1 Å². The van der Waals surface area contributed by atoms with Gasteiger partial charge in [0.25, 0.3) is 0 Å². The molecular weight excluding hydrogens is 244 g/mol. The average Bonchev–Trinajstić information content (AvgIpc) is 2.37. The zero-order chi connectivity index (χ0) is 14.3. The summed E-state index contributed by atoms with van der Waals surface area (Å²) < 4.78 is 1.89. The Balaban J connectivity index is 2.25. The number of carbonyl (C=O) groups is 1. The molecule has 0 aliphatic rings. The Morgan fingerprint density at radius 3 is 2.68 bits per heavy atom. The van der Waals surface area contributed by atoms with Gasteiger partial charge in [0.1, 0.15) is 0 Å². The van der Waals surface area contributed by atoms with E-state index in [2.05, 4.69) is 5.32 Å². The highest BCUT2D eigenvalue weighted by Crippen LogP contribution is 2.11. The van der Waals surface area contributed by atoms with Crippen molar-refractivity contribution in [1.82, 2.24) is 9.88 Å². The standard InChI is InChI=1S/C14H22N2O3/c1-11-14(19)13(18)7-10-16(11)9-6-4-3-5-8-15-12(2)17/h7,10,19H,3-6,8-9H2,1-2H3,(H,15,17). The molecule has 0 radical (unpaired) electrons. The van der Waals surface area contributed by atoms with E-state index in [1.54, 1.807) is 13.1 Å². The Morgan fingerprint density at radius 2 is 2.00 bits per heavy atom. The summed E-state index contributed by atoms with van der Waals surface area (Å²) >= 11 is 0. The molecular formula is C14H22N2O3. The molecule has 0 bridgehead atoms. The lowest BCUT2D eigenvalue weighted by Crippen LogP contribution is -2.20. The minimum atomic E-state index is -0.330. The highest BCUT2D eigenvalue weighted by molar-refractivity contribution is 5.72. The van der Waals surface area contributed by atoms with E-state index in [-0.39, 0.29) is 17.1 Å². The summed E-state index contributed by atoms with van der Waals surface area (Å²) in [4.78, 5) is 21.8. The van der Waals surface area contributed by atoms with Gasteiger partial charge < -0.3 is 15.0 Å². The van der Waals surface area contributed by atoms with E-state index in [4.69, 9.17) is 0 Å². The van der Waals surface area contributed by atoms with Gasteiger partial charge in [0.2, 0.25) is 11.3 Å². The van der Waals surface area contributed by atoms with Crippen LogP contribution in [0.25, 0.3) is 0 Å². The molecule has 0 saturated carbocycles. The predicted octanol–water partition coefficient (Wildman–Crippen LogP) is 1.56. The van der Waals surface area contributed by atoms with E-state index >= 15 is 0 Å². The van der Waals surface area contributed by atoms with Gasteiger partial charge in [0, 0.05) is 32.3 Å². The molecule has 19 heavy (non-hydrogen) atoms. The zero-order valence-corrected chi connectivity index (χ0v) is 11.6. The normalized spacial score (nSPS) is 10.4. The molecule has 2 N–H and O–H groups in total. The van der Waals surface area contributed by atoms with E-state index in [1.807, 2.05) is 4.57 Å². The SMILES string of the molecule is CC(=O)NCCCCCCn1ccc(=O)c(O)c1C. The van der Waals surface area contributed by atoms with Crippen LogP contribution in [-0.4, -0.2) is 22.1 Å². The Labute approximate surface area is 113 Å². The van der Waals surface area contributed by atoms with Crippen LogP contribution >= 0.6 is 0 Å². The number of rotatable bonds is 7. The van der Waals surface area contributed by atoms with Crippen LogP contribution in [0.2, 0.25) is 0 Å². The summed E-state index contributed by atoms with van der Waals surface area (Å²) in [7, 11) is 0. The number of aromatic hydroxyl groups is 1.